The SMILES string of the molecule is OC1(CCc2cccc(C(F)(F)F)c2)CCCCC1. The van der Waals surface area contributed by atoms with Crippen LogP contribution in [0, 0.1) is 0 Å². The molecule has 1 aromatic carbocycles. The zero-order valence-electron chi connectivity index (χ0n) is 10.8. The number of benzene rings is 1. The predicted octanol–water partition coefficient (Wildman–Crippen LogP) is 4.33. The Morgan fingerprint density at radius 2 is 1.79 bits per heavy atom. The zero-order valence-corrected chi connectivity index (χ0v) is 10.8. The minimum atomic E-state index is -4.29. The molecule has 1 aliphatic rings. The summed E-state index contributed by atoms with van der Waals surface area (Å²) < 4.78 is 37.8. The summed E-state index contributed by atoms with van der Waals surface area (Å²) in [5.74, 6) is 0. The van der Waals surface area contributed by atoms with E-state index >= 15 is 0 Å². The van der Waals surface area contributed by atoms with Crippen LogP contribution >= 0.6 is 0 Å². The average molecular weight is 272 g/mol. The van der Waals surface area contributed by atoms with Gasteiger partial charge in [-0.05, 0) is 37.3 Å². The highest BCUT2D eigenvalue weighted by Gasteiger charge is 2.31. The Bertz CT molecular complexity index is 420. The van der Waals surface area contributed by atoms with Crippen LogP contribution in [0.2, 0.25) is 0 Å². The highest BCUT2D eigenvalue weighted by atomic mass is 19.4. The Kier molecular flexibility index (Phi) is 4.19. The second-order valence-electron chi connectivity index (χ2n) is 5.48. The second-order valence-corrected chi connectivity index (χ2v) is 5.48. The molecule has 0 saturated heterocycles. The highest BCUT2D eigenvalue weighted by molar-refractivity contribution is 5.25. The van der Waals surface area contributed by atoms with E-state index in [1.807, 2.05) is 0 Å². The molecule has 0 aliphatic heterocycles. The van der Waals surface area contributed by atoms with E-state index in [1.165, 1.54) is 12.1 Å². The van der Waals surface area contributed by atoms with Crippen LogP contribution in [0.3, 0.4) is 0 Å². The van der Waals surface area contributed by atoms with Gasteiger partial charge in [0.1, 0.15) is 0 Å². The lowest BCUT2D eigenvalue weighted by Gasteiger charge is -2.32. The first-order valence-electron chi connectivity index (χ1n) is 6.78. The lowest BCUT2D eigenvalue weighted by molar-refractivity contribution is -0.137. The molecule has 0 unspecified atom stereocenters. The third-order valence-corrected chi connectivity index (χ3v) is 3.92. The fraction of sp³-hybridized carbons (Fsp3) is 0.600. The molecule has 1 aromatic rings. The number of hydrogen-bond donors (Lipinski definition) is 1. The van der Waals surface area contributed by atoms with Gasteiger partial charge in [0, 0.05) is 0 Å². The van der Waals surface area contributed by atoms with Crippen molar-refractivity contribution in [2.45, 2.75) is 56.7 Å². The molecule has 0 heterocycles. The maximum atomic E-state index is 12.6. The van der Waals surface area contributed by atoms with E-state index in [4.69, 9.17) is 0 Å². The first-order valence-corrected chi connectivity index (χ1v) is 6.78. The maximum Gasteiger partial charge on any atom is 0.416 e. The molecular formula is C15H19F3O. The predicted molar refractivity (Wildman–Crippen MR) is 67.8 cm³/mol. The Morgan fingerprint density at radius 1 is 1.11 bits per heavy atom. The van der Waals surface area contributed by atoms with Crippen molar-refractivity contribution in [2.24, 2.45) is 0 Å². The third-order valence-electron chi connectivity index (χ3n) is 3.92. The highest BCUT2D eigenvalue weighted by Crippen LogP contribution is 2.33. The van der Waals surface area contributed by atoms with Gasteiger partial charge in [0.05, 0.1) is 11.2 Å². The standard InChI is InChI=1S/C15H19F3O/c16-15(17,18)13-6-4-5-12(11-13)7-10-14(19)8-2-1-3-9-14/h4-6,11,19H,1-3,7-10H2. The Labute approximate surface area is 111 Å². The monoisotopic (exact) mass is 272 g/mol. The molecule has 0 radical (unpaired) electrons. The minimum absolute atomic E-state index is 0.500. The van der Waals surface area contributed by atoms with Crippen molar-refractivity contribution in [1.82, 2.24) is 0 Å². The molecule has 1 aliphatic carbocycles. The van der Waals surface area contributed by atoms with Gasteiger partial charge in [0.25, 0.3) is 0 Å². The van der Waals surface area contributed by atoms with Gasteiger partial charge in [0.15, 0.2) is 0 Å². The molecule has 1 N–H and O–H groups in total. The summed E-state index contributed by atoms with van der Waals surface area (Å²) in [7, 11) is 0. The first-order chi connectivity index (χ1) is 8.89. The smallest absolute Gasteiger partial charge is 0.390 e. The average Bonchev–Trinajstić information content (AvgIpc) is 2.37. The van der Waals surface area contributed by atoms with Gasteiger partial charge in [0.2, 0.25) is 0 Å². The van der Waals surface area contributed by atoms with Crippen LogP contribution in [0.15, 0.2) is 24.3 Å². The van der Waals surface area contributed by atoms with Crippen molar-refractivity contribution in [3.05, 3.63) is 35.4 Å². The Hall–Kier alpha value is -1.03. The van der Waals surface area contributed by atoms with Gasteiger partial charge >= 0.3 is 6.18 Å². The first kappa shape index (κ1) is 14.4. The number of aryl methyl sites for hydroxylation is 1. The number of rotatable bonds is 3. The molecule has 0 aromatic heterocycles. The zero-order chi connectivity index (χ0) is 13.9. The number of aliphatic hydroxyl groups is 1. The van der Waals surface area contributed by atoms with Crippen LogP contribution in [-0.2, 0) is 12.6 Å². The normalized spacial score (nSPS) is 19.4. The lowest BCUT2D eigenvalue weighted by Crippen LogP contribution is -2.31. The van der Waals surface area contributed by atoms with Crippen molar-refractivity contribution in [3.63, 3.8) is 0 Å². The van der Waals surface area contributed by atoms with E-state index in [-0.39, 0.29) is 0 Å². The fourth-order valence-corrected chi connectivity index (χ4v) is 2.74. The van der Waals surface area contributed by atoms with Crippen LogP contribution in [-0.4, -0.2) is 10.7 Å². The fourth-order valence-electron chi connectivity index (χ4n) is 2.74. The molecule has 0 amide bonds. The minimum Gasteiger partial charge on any atom is -0.390 e. The Balaban J connectivity index is 1.99. The van der Waals surface area contributed by atoms with Gasteiger partial charge in [-0.1, -0.05) is 37.5 Å². The topological polar surface area (TPSA) is 20.2 Å². The van der Waals surface area contributed by atoms with Gasteiger partial charge < -0.3 is 5.11 Å². The van der Waals surface area contributed by atoms with E-state index in [0.29, 0.717) is 18.4 Å². The molecule has 0 atom stereocenters. The second kappa shape index (κ2) is 5.53. The van der Waals surface area contributed by atoms with Crippen molar-refractivity contribution < 1.29 is 18.3 Å². The van der Waals surface area contributed by atoms with E-state index < -0.39 is 17.3 Å². The molecule has 4 heteroatoms. The molecule has 19 heavy (non-hydrogen) atoms. The molecule has 1 fully saturated rings. The summed E-state index contributed by atoms with van der Waals surface area (Å²) in [6.45, 7) is 0. The summed E-state index contributed by atoms with van der Waals surface area (Å²) in [5, 5.41) is 10.3. The van der Waals surface area contributed by atoms with E-state index in [2.05, 4.69) is 0 Å². The van der Waals surface area contributed by atoms with Gasteiger partial charge in [-0.15, -0.1) is 0 Å². The molecule has 1 nitrogen and oxygen atoms in total. The molecule has 0 bridgehead atoms. The summed E-state index contributed by atoms with van der Waals surface area (Å²) in [6.07, 6.45) is 1.47. The van der Waals surface area contributed by atoms with E-state index in [9.17, 15) is 18.3 Å². The maximum absolute atomic E-state index is 12.6. The quantitative estimate of drug-likeness (QED) is 0.868. The molecule has 2 rings (SSSR count). The van der Waals surface area contributed by atoms with Crippen LogP contribution in [0.4, 0.5) is 13.2 Å². The summed E-state index contributed by atoms with van der Waals surface area (Å²) in [5.41, 5.74) is -0.638. The molecular weight excluding hydrogens is 253 g/mol. The lowest BCUT2D eigenvalue weighted by atomic mass is 9.81. The largest absolute Gasteiger partial charge is 0.416 e. The van der Waals surface area contributed by atoms with Gasteiger partial charge in [-0.25, -0.2) is 0 Å². The number of halogens is 3. The van der Waals surface area contributed by atoms with Crippen LogP contribution in [0.1, 0.15) is 49.7 Å². The third kappa shape index (κ3) is 3.96. The van der Waals surface area contributed by atoms with Crippen molar-refractivity contribution >= 4 is 0 Å². The van der Waals surface area contributed by atoms with E-state index in [1.54, 1.807) is 6.07 Å². The molecule has 106 valence electrons. The molecule has 0 spiro atoms. The van der Waals surface area contributed by atoms with Crippen LogP contribution in [0.5, 0.6) is 0 Å². The summed E-state index contributed by atoms with van der Waals surface area (Å²) in [4.78, 5) is 0. The van der Waals surface area contributed by atoms with Gasteiger partial charge in [-0.2, -0.15) is 13.2 Å². The number of hydrogen-bond acceptors (Lipinski definition) is 1. The van der Waals surface area contributed by atoms with Crippen molar-refractivity contribution in [2.75, 3.05) is 0 Å². The van der Waals surface area contributed by atoms with Crippen molar-refractivity contribution in [1.29, 1.82) is 0 Å². The molecule has 1 saturated carbocycles. The summed E-state index contributed by atoms with van der Waals surface area (Å²) in [6, 6.07) is 5.40. The van der Waals surface area contributed by atoms with Crippen LogP contribution < -0.4 is 0 Å². The van der Waals surface area contributed by atoms with Crippen LogP contribution in [0.25, 0.3) is 0 Å². The van der Waals surface area contributed by atoms with E-state index in [0.717, 1.165) is 38.2 Å². The Morgan fingerprint density at radius 3 is 2.42 bits per heavy atom. The number of alkyl halides is 3. The van der Waals surface area contributed by atoms with Crippen molar-refractivity contribution in [3.8, 4) is 0 Å². The van der Waals surface area contributed by atoms with Gasteiger partial charge in [-0.3, -0.25) is 0 Å². The summed E-state index contributed by atoms with van der Waals surface area (Å²) >= 11 is 0.